The fourth-order valence-corrected chi connectivity index (χ4v) is 2.42. The molecule has 0 aliphatic heterocycles. The van der Waals surface area contributed by atoms with Crippen LogP contribution in [0.1, 0.15) is 18.3 Å². The fraction of sp³-hybridized carbons (Fsp3) is 0.462. The predicted molar refractivity (Wildman–Crippen MR) is 77.0 cm³/mol. The molecule has 0 aliphatic rings. The number of rotatable bonds is 4. The molecule has 1 aromatic heterocycles. The molecule has 0 spiro atoms. The van der Waals surface area contributed by atoms with Gasteiger partial charge in [-0.2, -0.15) is 11.8 Å². The lowest BCUT2D eigenvalue weighted by Crippen LogP contribution is -2.11. The van der Waals surface area contributed by atoms with Crippen LogP contribution in [0.15, 0.2) is 18.2 Å². The quantitative estimate of drug-likeness (QED) is 0.785. The number of benzene rings is 1. The van der Waals surface area contributed by atoms with Crippen molar-refractivity contribution in [3.8, 4) is 0 Å². The number of thioether (sulfide) groups is 1. The first-order valence-electron chi connectivity index (χ1n) is 5.70. The molecule has 92 valence electrons. The Morgan fingerprint density at radius 3 is 2.88 bits per heavy atom. The van der Waals surface area contributed by atoms with Gasteiger partial charge in [-0.05, 0) is 30.9 Å². The number of nitrogens with zero attached hydrogens (tertiary/aromatic N) is 2. The molecule has 0 aliphatic carbocycles. The van der Waals surface area contributed by atoms with Crippen LogP contribution in [0.3, 0.4) is 0 Å². The summed E-state index contributed by atoms with van der Waals surface area (Å²) in [6.45, 7) is 5.29. The Balaban J connectivity index is 2.52. The monoisotopic (exact) mass is 268 g/mol. The first-order chi connectivity index (χ1) is 8.15. The van der Waals surface area contributed by atoms with Crippen molar-refractivity contribution in [3.05, 3.63) is 29.6 Å². The second kappa shape index (κ2) is 5.32. The molecule has 0 saturated heterocycles. The van der Waals surface area contributed by atoms with Gasteiger partial charge in [0.2, 0.25) is 0 Å². The zero-order valence-corrected chi connectivity index (χ0v) is 12.0. The molecule has 2 rings (SSSR count). The molecule has 1 atom stereocenters. The van der Waals surface area contributed by atoms with E-state index in [1.54, 1.807) is 0 Å². The largest absolute Gasteiger partial charge is 0.326 e. The number of hydrogen-bond acceptors (Lipinski definition) is 2. The molecule has 0 amide bonds. The molecule has 2 nitrogen and oxygen atoms in total. The number of aromatic nitrogens is 2. The average molecular weight is 269 g/mol. The third kappa shape index (κ3) is 2.61. The third-order valence-electron chi connectivity index (χ3n) is 2.94. The van der Waals surface area contributed by atoms with E-state index < -0.39 is 0 Å². The van der Waals surface area contributed by atoms with Gasteiger partial charge < -0.3 is 4.57 Å². The Labute approximate surface area is 111 Å². The molecule has 4 heteroatoms. The Morgan fingerprint density at radius 2 is 2.24 bits per heavy atom. The summed E-state index contributed by atoms with van der Waals surface area (Å²) in [7, 11) is 0. The summed E-state index contributed by atoms with van der Waals surface area (Å²) in [4.78, 5) is 4.58. The van der Waals surface area contributed by atoms with Crippen LogP contribution in [-0.4, -0.2) is 21.1 Å². The van der Waals surface area contributed by atoms with Gasteiger partial charge in [0.1, 0.15) is 5.82 Å². The van der Waals surface area contributed by atoms with E-state index in [2.05, 4.69) is 47.9 Å². The molecule has 1 aromatic carbocycles. The molecule has 0 bridgehead atoms. The first kappa shape index (κ1) is 12.8. The molecule has 17 heavy (non-hydrogen) atoms. The summed E-state index contributed by atoms with van der Waals surface area (Å²) in [6.07, 6.45) is 2.13. The van der Waals surface area contributed by atoms with Crippen molar-refractivity contribution in [1.82, 2.24) is 9.55 Å². The van der Waals surface area contributed by atoms with Crippen LogP contribution in [0.5, 0.6) is 0 Å². The van der Waals surface area contributed by atoms with Crippen LogP contribution in [0.25, 0.3) is 11.0 Å². The first-order valence-corrected chi connectivity index (χ1v) is 7.52. The molecular formula is C13H17ClN2S. The highest BCUT2D eigenvalue weighted by molar-refractivity contribution is 7.99. The zero-order chi connectivity index (χ0) is 12.4. The molecule has 1 unspecified atom stereocenters. The molecule has 0 radical (unpaired) electrons. The highest BCUT2D eigenvalue weighted by atomic mass is 35.5. The summed E-state index contributed by atoms with van der Waals surface area (Å²) in [5.41, 5.74) is 3.50. The number of fused-ring (bicyclic) bond motifs is 1. The van der Waals surface area contributed by atoms with Gasteiger partial charge in [-0.3, -0.25) is 0 Å². The normalized spacial score (nSPS) is 13.2. The van der Waals surface area contributed by atoms with Crippen molar-refractivity contribution in [2.45, 2.75) is 31.5 Å². The SMILES string of the molecule is CSC(C)Cn1c(CCl)nc2ccc(C)cc21. The van der Waals surface area contributed by atoms with Crippen molar-refractivity contribution in [3.63, 3.8) is 0 Å². The standard InChI is InChI=1S/C13H17ClN2S/c1-9-4-5-11-12(6-9)16(8-10(2)17-3)13(7-14)15-11/h4-6,10H,7-8H2,1-3H3. The van der Waals surface area contributed by atoms with E-state index in [4.69, 9.17) is 11.6 Å². The summed E-state index contributed by atoms with van der Waals surface area (Å²) in [5, 5.41) is 0.565. The van der Waals surface area contributed by atoms with E-state index in [1.165, 1.54) is 11.1 Å². The van der Waals surface area contributed by atoms with Gasteiger partial charge in [0.15, 0.2) is 0 Å². The summed E-state index contributed by atoms with van der Waals surface area (Å²) in [6, 6.07) is 6.35. The van der Waals surface area contributed by atoms with E-state index in [0.29, 0.717) is 11.1 Å². The summed E-state index contributed by atoms with van der Waals surface area (Å²) >= 11 is 7.84. The second-order valence-electron chi connectivity index (χ2n) is 4.31. The fourth-order valence-electron chi connectivity index (χ4n) is 1.92. The number of alkyl halides is 1. The Bertz CT molecular complexity index is 521. The highest BCUT2D eigenvalue weighted by Gasteiger charge is 2.12. The minimum absolute atomic E-state index is 0.467. The van der Waals surface area contributed by atoms with E-state index in [1.807, 2.05) is 11.8 Å². The molecule has 0 fully saturated rings. The van der Waals surface area contributed by atoms with Gasteiger partial charge in [0, 0.05) is 11.8 Å². The van der Waals surface area contributed by atoms with Crippen LogP contribution in [0.4, 0.5) is 0 Å². The average Bonchev–Trinajstić information content (AvgIpc) is 2.67. The maximum atomic E-state index is 5.98. The van der Waals surface area contributed by atoms with Crippen molar-refractivity contribution in [2.75, 3.05) is 6.26 Å². The van der Waals surface area contributed by atoms with Gasteiger partial charge in [-0.25, -0.2) is 4.98 Å². The maximum Gasteiger partial charge on any atom is 0.124 e. The van der Waals surface area contributed by atoms with E-state index >= 15 is 0 Å². The van der Waals surface area contributed by atoms with E-state index in [0.717, 1.165) is 17.9 Å². The summed E-state index contributed by atoms with van der Waals surface area (Å²) < 4.78 is 2.25. The van der Waals surface area contributed by atoms with Gasteiger partial charge in [0.25, 0.3) is 0 Å². The second-order valence-corrected chi connectivity index (χ2v) is 5.85. The highest BCUT2D eigenvalue weighted by Crippen LogP contribution is 2.21. The smallest absolute Gasteiger partial charge is 0.124 e. The topological polar surface area (TPSA) is 17.8 Å². The van der Waals surface area contributed by atoms with Gasteiger partial charge >= 0.3 is 0 Å². The minimum atomic E-state index is 0.467. The van der Waals surface area contributed by atoms with Crippen LogP contribution < -0.4 is 0 Å². The van der Waals surface area contributed by atoms with Crippen molar-refractivity contribution >= 4 is 34.4 Å². The van der Waals surface area contributed by atoms with Crippen LogP contribution in [-0.2, 0) is 12.4 Å². The number of aryl methyl sites for hydroxylation is 1. The number of imidazole rings is 1. The van der Waals surface area contributed by atoms with Gasteiger partial charge in [-0.15, -0.1) is 11.6 Å². The van der Waals surface area contributed by atoms with Crippen LogP contribution in [0, 0.1) is 6.92 Å². The summed E-state index contributed by atoms with van der Waals surface area (Å²) in [5.74, 6) is 1.43. The van der Waals surface area contributed by atoms with Crippen LogP contribution >= 0.6 is 23.4 Å². The molecule has 1 heterocycles. The Kier molecular flexibility index (Phi) is 4.00. The van der Waals surface area contributed by atoms with E-state index in [-0.39, 0.29) is 0 Å². The van der Waals surface area contributed by atoms with Gasteiger partial charge in [0.05, 0.1) is 16.9 Å². The minimum Gasteiger partial charge on any atom is -0.326 e. The molecule has 2 aromatic rings. The lowest BCUT2D eigenvalue weighted by atomic mass is 10.2. The molecule has 0 N–H and O–H groups in total. The van der Waals surface area contributed by atoms with Gasteiger partial charge in [-0.1, -0.05) is 13.0 Å². The maximum absolute atomic E-state index is 5.98. The third-order valence-corrected chi connectivity index (χ3v) is 4.14. The lowest BCUT2D eigenvalue weighted by Gasteiger charge is -2.12. The van der Waals surface area contributed by atoms with Crippen molar-refractivity contribution < 1.29 is 0 Å². The zero-order valence-electron chi connectivity index (χ0n) is 10.4. The molecule has 0 saturated carbocycles. The van der Waals surface area contributed by atoms with E-state index in [9.17, 15) is 0 Å². The predicted octanol–water partition coefficient (Wildman–Crippen LogP) is 3.84. The van der Waals surface area contributed by atoms with Crippen molar-refractivity contribution in [2.24, 2.45) is 0 Å². The Hall–Kier alpha value is -0.670. The number of halogens is 1. The van der Waals surface area contributed by atoms with Crippen molar-refractivity contribution in [1.29, 1.82) is 0 Å². The number of hydrogen-bond donors (Lipinski definition) is 0. The lowest BCUT2D eigenvalue weighted by molar-refractivity contribution is 0.684. The Morgan fingerprint density at radius 1 is 1.47 bits per heavy atom. The molecular weight excluding hydrogens is 252 g/mol. The van der Waals surface area contributed by atoms with Crippen LogP contribution in [0.2, 0.25) is 0 Å².